The van der Waals surface area contributed by atoms with E-state index in [1.807, 2.05) is 24.3 Å². The van der Waals surface area contributed by atoms with Crippen LogP contribution in [0.1, 0.15) is 16.7 Å². The number of cyclic esters (lactones) is 1. The Morgan fingerprint density at radius 3 is 2.62 bits per heavy atom. The van der Waals surface area contributed by atoms with Gasteiger partial charge in [-0.3, -0.25) is 0 Å². The average Bonchev–Trinajstić information content (AvgIpc) is 3.14. The van der Waals surface area contributed by atoms with E-state index in [9.17, 15) is 9.18 Å². The minimum Gasteiger partial charge on any atom is -0.493 e. The summed E-state index contributed by atoms with van der Waals surface area (Å²) < 4.78 is 32.4. The molecule has 0 N–H and O–H groups in total. The summed E-state index contributed by atoms with van der Waals surface area (Å²) in [6.45, 7) is 0.370. The summed E-state index contributed by atoms with van der Waals surface area (Å²) >= 11 is 5.76. The Labute approximate surface area is 206 Å². The number of hydrogen-bond donors (Lipinski definition) is 0. The molecule has 0 unspecified atom stereocenters. The van der Waals surface area contributed by atoms with Gasteiger partial charge in [0.2, 0.25) is 5.90 Å². The molecular formula is C24H16BrFINO4. The molecule has 0 aromatic heterocycles. The van der Waals surface area contributed by atoms with E-state index < -0.39 is 11.8 Å². The first-order valence-corrected chi connectivity index (χ1v) is 11.3. The van der Waals surface area contributed by atoms with Crippen molar-refractivity contribution >= 4 is 56.5 Å². The zero-order valence-corrected chi connectivity index (χ0v) is 20.5. The quantitative estimate of drug-likeness (QED) is 0.192. The second-order valence-corrected chi connectivity index (χ2v) is 8.87. The summed E-state index contributed by atoms with van der Waals surface area (Å²) in [6, 6.07) is 17.5. The van der Waals surface area contributed by atoms with Crippen LogP contribution < -0.4 is 9.47 Å². The van der Waals surface area contributed by atoms with E-state index in [0.717, 1.165) is 9.13 Å². The van der Waals surface area contributed by atoms with Crippen molar-refractivity contribution in [3.8, 4) is 11.5 Å². The molecule has 3 aromatic carbocycles. The van der Waals surface area contributed by atoms with Crippen molar-refractivity contribution in [3.63, 3.8) is 0 Å². The van der Waals surface area contributed by atoms with E-state index in [1.165, 1.54) is 19.2 Å². The molecule has 0 saturated carbocycles. The largest absolute Gasteiger partial charge is 0.493 e. The van der Waals surface area contributed by atoms with Gasteiger partial charge in [-0.25, -0.2) is 14.2 Å². The minimum absolute atomic E-state index is 0.0600. The molecule has 1 aliphatic heterocycles. The highest BCUT2D eigenvalue weighted by molar-refractivity contribution is 14.1. The van der Waals surface area contributed by atoms with Crippen molar-refractivity contribution in [2.75, 3.05) is 7.11 Å². The normalized spacial score (nSPS) is 14.3. The maximum absolute atomic E-state index is 14.0. The van der Waals surface area contributed by atoms with Crippen LogP contribution in [0, 0.1) is 9.39 Å². The molecule has 0 bridgehead atoms. The number of hydrogen-bond acceptors (Lipinski definition) is 5. The molecule has 162 valence electrons. The standard InChI is InChI=1S/C24H16BrFINO4/c1-30-21-12-15(10-18(25)22(21)31-13-14-6-8-16(27)9-7-14)11-20-24(29)32-23(28-20)17-4-2-3-5-19(17)26/h2-12H,13H2,1H3/b20-11-. The number of halogens is 3. The van der Waals surface area contributed by atoms with Gasteiger partial charge in [0.1, 0.15) is 12.4 Å². The van der Waals surface area contributed by atoms with Gasteiger partial charge in [-0.15, -0.1) is 0 Å². The van der Waals surface area contributed by atoms with Gasteiger partial charge < -0.3 is 14.2 Å². The maximum Gasteiger partial charge on any atom is 0.363 e. The number of methoxy groups -OCH3 is 1. The van der Waals surface area contributed by atoms with Gasteiger partial charge in [0.15, 0.2) is 17.2 Å². The predicted octanol–water partition coefficient (Wildman–Crippen LogP) is 6.12. The number of benzene rings is 3. The van der Waals surface area contributed by atoms with E-state index in [-0.39, 0.29) is 17.2 Å². The van der Waals surface area contributed by atoms with Crippen LogP contribution >= 0.6 is 38.5 Å². The van der Waals surface area contributed by atoms with E-state index >= 15 is 0 Å². The van der Waals surface area contributed by atoms with Gasteiger partial charge in [0.25, 0.3) is 0 Å². The molecule has 0 spiro atoms. The monoisotopic (exact) mass is 607 g/mol. The van der Waals surface area contributed by atoms with Gasteiger partial charge in [-0.05, 0) is 92.1 Å². The molecule has 32 heavy (non-hydrogen) atoms. The van der Waals surface area contributed by atoms with Crippen LogP contribution in [0.4, 0.5) is 4.39 Å². The van der Waals surface area contributed by atoms with Crippen LogP contribution in [0.3, 0.4) is 0 Å². The maximum atomic E-state index is 14.0. The Hall–Kier alpha value is -2.72. The van der Waals surface area contributed by atoms with Gasteiger partial charge in [-0.1, -0.05) is 24.3 Å². The fourth-order valence-corrected chi connectivity index (χ4v) is 3.95. The van der Waals surface area contributed by atoms with Crippen molar-refractivity contribution in [1.29, 1.82) is 0 Å². The topological polar surface area (TPSA) is 57.1 Å². The first kappa shape index (κ1) is 22.5. The number of carbonyl (C=O) groups is 1. The average molecular weight is 608 g/mol. The van der Waals surface area contributed by atoms with Crippen molar-refractivity contribution in [2.24, 2.45) is 4.99 Å². The molecule has 5 nitrogen and oxygen atoms in total. The number of esters is 1. The van der Waals surface area contributed by atoms with Crippen LogP contribution in [-0.4, -0.2) is 19.0 Å². The van der Waals surface area contributed by atoms with Gasteiger partial charge in [0, 0.05) is 3.57 Å². The summed E-state index contributed by atoms with van der Waals surface area (Å²) in [4.78, 5) is 16.4. The van der Waals surface area contributed by atoms with Crippen LogP contribution in [0.5, 0.6) is 11.5 Å². The third kappa shape index (κ3) is 5.02. The molecular weight excluding hydrogens is 592 g/mol. The second-order valence-electron chi connectivity index (χ2n) is 6.77. The number of aliphatic imine (C=N–C) groups is 1. The molecule has 0 radical (unpaired) electrons. The van der Waals surface area contributed by atoms with E-state index in [1.54, 1.807) is 30.3 Å². The summed E-state index contributed by atoms with van der Waals surface area (Å²) in [5.74, 6) is -0.210. The highest BCUT2D eigenvalue weighted by atomic mass is 127. The molecule has 0 saturated heterocycles. The lowest BCUT2D eigenvalue weighted by molar-refractivity contribution is -0.129. The fourth-order valence-electron chi connectivity index (χ4n) is 3.02. The third-order valence-corrected chi connectivity index (χ3v) is 5.88. The predicted molar refractivity (Wildman–Crippen MR) is 131 cm³/mol. The summed E-state index contributed by atoms with van der Waals surface area (Å²) in [5.41, 5.74) is 1.85. The first-order valence-electron chi connectivity index (χ1n) is 9.47. The number of rotatable bonds is 6. The highest BCUT2D eigenvalue weighted by Crippen LogP contribution is 2.38. The number of nitrogens with zero attached hydrogens (tertiary/aromatic N) is 1. The zero-order chi connectivity index (χ0) is 22.7. The van der Waals surface area contributed by atoms with E-state index in [2.05, 4.69) is 43.5 Å². The third-order valence-electron chi connectivity index (χ3n) is 4.58. The lowest BCUT2D eigenvalue weighted by Crippen LogP contribution is -2.07. The van der Waals surface area contributed by atoms with Gasteiger partial charge >= 0.3 is 5.97 Å². The van der Waals surface area contributed by atoms with Crippen LogP contribution in [0.15, 0.2) is 75.8 Å². The van der Waals surface area contributed by atoms with Crippen molar-refractivity contribution < 1.29 is 23.4 Å². The van der Waals surface area contributed by atoms with Crippen LogP contribution in [0.2, 0.25) is 0 Å². The Balaban J connectivity index is 1.59. The molecule has 3 aromatic rings. The van der Waals surface area contributed by atoms with Crippen LogP contribution in [-0.2, 0) is 16.1 Å². The Morgan fingerprint density at radius 2 is 1.91 bits per heavy atom. The smallest absolute Gasteiger partial charge is 0.363 e. The molecule has 4 rings (SSSR count). The number of carbonyl (C=O) groups excluding carboxylic acids is 1. The fraction of sp³-hybridized carbons (Fsp3) is 0.0833. The molecule has 0 fully saturated rings. The summed E-state index contributed by atoms with van der Waals surface area (Å²) in [6.07, 6.45) is 1.55. The lowest BCUT2D eigenvalue weighted by Gasteiger charge is -2.14. The molecule has 0 amide bonds. The number of ether oxygens (including phenoxy) is 3. The molecule has 0 atom stereocenters. The first-order chi connectivity index (χ1) is 15.4. The van der Waals surface area contributed by atoms with Crippen LogP contribution in [0.25, 0.3) is 6.08 Å². The lowest BCUT2D eigenvalue weighted by atomic mass is 10.1. The second kappa shape index (κ2) is 9.83. The Kier molecular flexibility index (Phi) is 6.90. The Bertz CT molecular complexity index is 1240. The van der Waals surface area contributed by atoms with Crippen molar-refractivity contribution in [1.82, 2.24) is 0 Å². The molecule has 1 heterocycles. The van der Waals surface area contributed by atoms with E-state index in [0.29, 0.717) is 28.1 Å². The molecule has 8 heteroatoms. The minimum atomic E-state index is -0.655. The summed E-state index contributed by atoms with van der Waals surface area (Å²) in [5, 5.41) is 0. The zero-order valence-electron chi connectivity index (χ0n) is 16.8. The van der Waals surface area contributed by atoms with Crippen molar-refractivity contribution in [3.05, 3.63) is 96.9 Å². The van der Waals surface area contributed by atoms with E-state index in [4.69, 9.17) is 14.2 Å². The Morgan fingerprint density at radius 1 is 1.16 bits per heavy atom. The summed E-state index contributed by atoms with van der Waals surface area (Å²) in [7, 11) is 1.54. The SMILES string of the molecule is COc1cc(/C=C2\N=C(c3ccccc3F)OC2=O)cc(Br)c1OCc1ccc(I)cc1. The molecule has 0 aliphatic carbocycles. The van der Waals surface area contributed by atoms with Gasteiger partial charge in [-0.2, -0.15) is 0 Å². The molecule has 1 aliphatic rings. The van der Waals surface area contributed by atoms with Crippen molar-refractivity contribution in [2.45, 2.75) is 6.61 Å². The van der Waals surface area contributed by atoms with Gasteiger partial charge in [0.05, 0.1) is 17.1 Å². The highest BCUT2D eigenvalue weighted by Gasteiger charge is 2.26.